The van der Waals surface area contributed by atoms with Crippen molar-refractivity contribution in [2.24, 2.45) is 11.8 Å². The van der Waals surface area contributed by atoms with E-state index in [0.29, 0.717) is 49.5 Å². The van der Waals surface area contributed by atoms with Crippen LogP contribution in [0.2, 0.25) is 0 Å². The van der Waals surface area contributed by atoms with Gasteiger partial charge < -0.3 is 24.1 Å². The van der Waals surface area contributed by atoms with Gasteiger partial charge in [-0.15, -0.1) is 6.58 Å². The molecule has 288 valence electrons. The van der Waals surface area contributed by atoms with Crippen molar-refractivity contribution in [2.75, 3.05) is 13.7 Å². The molecule has 6 aromatic rings. The van der Waals surface area contributed by atoms with E-state index in [1.807, 2.05) is 78.9 Å². The highest BCUT2D eigenvalue weighted by Gasteiger charge is 2.38. The summed E-state index contributed by atoms with van der Waals surface area (Å²) in [6.45, 7) is 8.90. The van der Waals surface area contributed by atoms with Crippen molar-refractivity contribution in [1.82, 2.24) is 9.88 Å². The largest absolute Gasteiger partial charge is 0.497 e. The molecule has 7 heteroatoms. The quantitative estimate of drug-likeness (QED) is 0.0931. The molecule has 1 aliphatic heterocycles. The number of nitrogens with zero attached hydrogens (tertiary/aromatic N) is 2. The van der Waals surface area contributed by atoms with Gasteiger partial charge in [-0.25, -0.2) is 0 Å². The number of methoxy groups -OCH3 is 1. The van der Waals surface area contributed by atoms with Gasteiger partial charge in [0.2, 0.25) is 5.75 Å². The minimum Gasteiger partial charge on any atom is -0.497 e. The van der Waals surface area contributed by atoms with Crippen LogP contribution < -0.4 is 18.9 Å². The molecule has 0 saturated carbocycles. The second kappa shape index (κ2) is 18.8. The van der Waals surface area contributed by atoms with Crippen LogP contribution in [0.5, 0.6) is 23.0 Å². The molecule has 0 radical (unpaired) electrons. The van der Waals surface area contributed by atoms with Crippen LogP contribution in [0.1, 0.15) is 60.1 Å². The summed E-state index contributed by atoms with van der Waals surface area (Å²) in [7, 11) is 1.66. The van der Waals surface area contributed by atoms with Crippen LogP contribution in [-0.4, -0.2) is 34.7 Å². The Hall–Kier alpha value is -5.63. The van der Waals surface area contributed by atoms with Gasteiger partial charge in [0.1, 0.15) is 25.6 Å². The van der Waals surface area contributed by atoms with Gasteiger partial charge in [-0.2, -0.15) is 0 Å². The van der Waals surface area contributed by atoms with Gasteiger partial charge in [0.15, 0.2) is 11.5 Å². The maximum Gasteiger partial charge on any atom is 0.203 e. The first-order valence-corrected chi connectivity index (χ1v) is 19.7. The number of hydrogen-bond acceptors (Lipinski definition) is 7. The molecule has 56 heavy (non-hydrogen) atoms. The fourth-order valence-electron chi connectivity index (χ4n) is 7.92. The third-order valence-corrected chi connectivity index (χ3v) is 10.9. The molecular weight excluding hydrogens is 697 g/mol. The number of aromatic nitrogens is 1. The van der Waals surface area contributed by atoms with Gasteiger partial charge in [-0.1, -0.05) is 117 Å². The normalized spacial score (nSPS) is 17.6. The molecule has 1 fully saturated rings. The molecule has 1 aliphatic rings. The number of piperidine rings is 1. The maximum atomic E-state index is 12.4. The molecule has 0 spiro atoms. The standard InChI is InChI=1S/C49H52N2O5/c1-4-15-40-28-45(48(52)42-24-25-50-44-23-22-41(53-3)29-43(42)44)51(31-39(40)5-2)30-38-26-46(54-32-35-16-9-6-10-17-35)49(56-34-37-20-13-8-14-21-37)47(27-38)55-33-36-18-11-7-12-19-36/h5-14,16-27,29,39-40,45,48,52H,2,4,15,28,30-34H2,1,3H3/t39?,40?,45?,48-/m1/s1. The van der Waals surface area contributed by atoms with Crippen molar-refractivity contribution in [2.45, 2.75) is 64.7 Å². The number of aliphatic hydroxyl groups is 1. The van der Waals surface area contributed by atoms with E-state index in [-0.39, 0.29) is 12.0 Å². The Morgan fingerprint density at radius 2 is 1.36 bits per heavy atom. The Labute approximate surface area is 331 Å². The van der Waals surface area contributed by atoms with E-state index in [0.717, 1.165) is 70.3 Å². The first kappa shape index (κ1) is 38.6. The smallest absolute Gasteiger partial charge is 0.203 e. The highest BCUT2D eigenvalue weighted by molar-refractivity contribution is 5.84. The molecule has 1 aromatic heterocycles. The van der Waals surface area contributed by atoms with Gasteiger partial charge in [0, 0.05) is 30.7 Å². The summed E-state index contributed by atoms with van der Waals surface area (Å²) >= 11 is 0. The van der Waals surface area contributed by atoms with E-state index >= 15 is 0 Å². The summed E-state index contributed by atoms with van der Waals surface area (Å²) in [5.74, 6) is 3.19. The van der Waals surface area contributed by atoms with E-state index in [4.69, 9.17) is 18.9 Å². The second-order valence-corrected chi connectivity index (χ2v) is 14.7. The predicted molar refractivity (Wildman–Crippen MR) is 223 cm³/mol. The molecule has 7 rings (SSSR count). The van der Waals surface area contributed by atoms with Crippen LogP contribution in [-0.2, 0) is 26.4 Å². The van der Waals surface area contributed by atoms with E-state index in [1.54, 1.807) is 13.3 Å². The highest BCUT2D eigenvalue weighted by Crippen LogP contribution is 2.43. The lowest BCUT2D eigenvalue weighted by Gasteiger charge is -2.45. The monoisotopic (exact) mass is 748 g/mol. The zero-order chi connectivity index (χ0) is 38.7. The summed E-state index contributed by atoms with van der Waals surface area (Å²) in [5.41, 5.74) is 5.82. The van der Waals surface area contributed by atoms with E-state index in [2.05, 4.69) is 78.0 Å². The second-order valence-electron chi connectivity index (χ2n) is 14.7. The third-order valence-electron chi connectivity index (χ3n) is 10.9. The lowest BCUT2D eigenvalue weighted by molar-refractivity contribution is -0.0131. The van der Waals surface area contributed by atoms with E-state index in [1.165, 1.54) is 0 Å². The SMILES string of the molecule is C=CC1CN(Cc2cc(OCc3ccccc3)c(OCc3ccccc3)c(OCc3ccccc3)c2)C([C@H](O)c2ccnc3ccc(OC)cc23)CC1CCC. The fourth-order valence-corrected chi connectivity index (χ4v) is 7.92. The number of aliphatic hydroxyl groups excluding tert-OH is 1. The summed E-state index contributed by atoms with van der Waals surface area (Å²) in [5, 5.41) is 13.3. The molecule has 4 atom stereocenters. The lowest BCUT2D eigenvalue weighted by Crippen LogP contribution is -2.49. The zero-order valence-corrected chi connectivity index (χ0v) is 32.4. The van der Waals surface area contributed by atoms with Gasteiger partial charge in [-0.05, 0) is 82.5 Å². The van der Waals surface area contributed by atoms with Crippen molar-refractivity contribution in [3.8, 4) is 23.0 Å². The number of hydrogen-bond donors (Lipinski definition) is 1. The number of fused-ring (bicyclic) bond motifs is 1. The van der Waals surface area contributed by atoms with Gasteiger partial charge >= 0.3 is 0 Å². The van der Waals surface area contributed by atoms with Gasteiger partial charge in [-0.3, -0.25) is 9.88 Å². The first-order valence-electron chi connectivity index (χ1n) is 19.7. The topological polar surface area (TPSA) is 73.3 Å². The maximum absolute atomic E-state index is 12.4. The molecular formula is C49H52N2O5. The molecule has 0 amide bonds. The van der Waals surface area contributed by atoms with Crippen molar-refractivity contribution in [1.29, 1.82) is 0 Å². The minimum atomic E-state index is -0.770. The molecule has 1 N–H and O–H groups in total. The Kier molecular flexibility index (Phi) is 13.0. The van der Waals surface area contributed by atoms with Crippen LogP contribution in [0.4, 0.5) is 0 Å². The van der Waals surface area contributed by atoms with Crippen LogP contribution in [0.25, 0.3) is 10.9 Å². The lowest BCUT2D eigenvalue weighted by atomic mass is 9.76. The summed E-state index contributed by atoms with van der Waals surface area (Å²) in [4.78, 5) is 7.02. The Bertz CT molecular complexity index is 2100. The van der Waals surface area contributed by atoms with E-state index < -0.39 is 6.10 Å². The zero-order valence-electron chi connectivity index (χ0n) is 32.4. The number of benzene rings is 5. The van der Waals surface area contributed by atoms with Gasteiger partial charge in [0.25, 0.3) is 0 Å². The Morgan fingerprint density at radius 3 is 1.91 bits per heavy atom. The number of ether oxygens (including phenoxy) is 4. The molecule has 0 aliphatic carbocycles. The Balaban J connectivity index is 1.27. The number of rotatable bonds is 17. The van der Waals surface area contributed by atoms with Crippen LogP contribution in [0.3, 0.4) is 0 Å². The summed E-state index contributed by atoms with van der Waals surface area (Å²) in [6.07, 6.45) is 6.09. The molecule has 3 unspecified atom stereocenters. The van der Waals surface area contributed by atoms with Crippen molar-refractivity contribution in [3.63, 3.8) is 0 Å². The van der Waals surface area contributed by atoms with Crippen molar-refractivity contribution in [3.05, 3.63) is 174 Å². The number of likely N-dealkylation sites (tertiary alicyclic amines) is 1. The average Bonchev–Trinajstić information content (AvgIpc) is 3.25. The average molecular weight is 749 g/mol. The van der Waals surface area contributed by atoms with Crippen LogP contribution in [0.15, 0.2) is 146 Å². The molecule has 1 saturated heterocycles. The summed E-state index contributed by atoms with van der Waals surface area (Å²) in [6, 6.07) is 42.2. The van der Waals surface area contributed by atoms with Gasteiger partial charge in [0.05, 0.1) is 18.7 Å². The van der Waals surface area contributed by atoms with E-state index in [9.17, 15) is 5.11 Å². The predicted octanol–water partition coefficient (Wildman–Crippen LogP) is 10.5. The third kappa shape index (κ3) is 9.41. The van der Waals surface area contributed by atoms with Crippen LogP contribution in [0, 0.1) is 11.8 Å². The fraction of sp³-hybridized carbons (Fsp3) is 0.286. The minimum absolute atomic E-state index is 0.170. The molecule has 2 heterocycles. The molecule has 7 nitrogen and oxygen atoms in total. The first-order chi connectivity index (χ1) is 27.5. The highest BCUT2D eigenvalue weighted by atomic mass is 16.5. The van der Waals surface area contributed by atoms with Crippen LogP contribution >= 0.6 is 0 Å². The Morgan fingerprint density at radius 1 is 0.768 bits per heavy atom. The summed E-state index contributed by atoms with van der Waals surface area (Å²) < 4.78 is 25.4. The van der Waals surface area contributed by atoms with Crippen molar-refractivity contribution < 1.29 is 24.1 Å². The molecule has 5 aromatic carbocycles. The number of pyridine rings is 1. The van der Waals surface area contributed by atoms with Crippen molar-refractivity contribution >= 4 is 10.9 Å². The molecule has 0 bridgehead atoms.